The van der Waals surface area contributed by atoms with Crippen molar-refractivity contribution in [3.05, 3.63) is 5.82 Å². The number of carbonyl (C=O) groups excluding carboxylic acids is 1. The zero-order valence-electron chi connectivity index (χ0n) is 13.4. The molecule has 0 unspecified atom stereocenters. The van der Waals surface area contributed by atoms with Gasteiger partial charge in [0.15, 0.2) is 5.82 Å². The number of hydrogen-bond acceptors (Lipinski definition) is 6. The van der Waals surface area contributed by atoms with Crippen molar-refractivity contribution >= 4 is 5.97 Å². The number of carbonyl (C=O) groups is 1. The molecule has 1 aromatic rings. The predicted molar refractivity (Wildman–Crippen MR) is 77.4 cm³/mol. The predicted octanol–water partition coefficient (Wildman–Crippen LogP) is 1.39. The first kappa shape index (κ1) is 15.9. The molecule has 1 aromatic heterocycles. The zero-order valence-corrected chi connectivity index (χ0v) is 13.4. The van der Waals surface area contributed by atoms with Crippen molar-refractivity contribution in [1.29, 1.82) is 0 Å². The summed E-state index contributed by atoms with van der Waals surface area (Å²) in [5.74, 6) is 0.668. The highest BCUT2D eigenvalue weighted by Crippen LogP contribution is 2.22. The van der Waals surface area contributed by atoms with Crippen LogP contribution in [0.15, 0.2) is 0 Å². The Bertz CT molecular complexity index is 480. The number of ether oxygens (including phenoxy) is 1. The average Bonchev–Trinajstić information content (AvgIpc) is 2.98. The van der Waals surface area contributed by atoms with E-state index in [9.17, 15) is 4.79 Å². The van der Waals surface area contributed by atoms with Crippen molar-refractivity contribution in [2.75, 3.05) is 6.54 Å². The monoisotopic (exact) mass is 295 g/mol. The van der Waals surface area contributed by atoms with Crippen molar-refractivity contribution in [2.45, 2.75) is 71.7 Å². The van der Waals surface area contributed by atoms with Gasteiger partial charge in [0.05, 0.1) is 6.54 Å². The van der Waals surface area contributed by atoms with Crippen molar-refractivity contribution in [1.82, 2.24) is 25.1 Å². The Balaban J connectivity index is 2.01. The van der Waals surface area contributed by atoms with Crippen LogP contribution in [0, 0.1) is 0 Å². The van der Waals surface area contributed by atoms with Crippen molar-refractivity contribution < 1.29 is 9.53 Å². The van der Waals surface area contributed by atoms with Gasteiger partial charge in [-0.15, -0.1) is 5.10 Å². The number of tetrazole rings is 1. The number of rotatable bonds is 5. The minimum absolute atomic E-state index is 0.144. The lowest BCUT2D eigenvalue weighted by Crippen LogP contribution is -2.40. The molecule has 118 valence electrons. The van der Waals surface area contributed by atoms with Gasteiger partial charge in [-0.2, -0.15) is 0 Å². The maximum atomic E-state index is 12.3. The smallest absolute Gasteiger partial charge is 0.323 e. The van der Waals surface area contributed by atoms with Gasteiger partial charge < -0.3 is 4.74 Å². The molecule has 0 spiro atoms. The van der Waals surface area contributed by atoms with Gasteiger partial charge in [-0.25, -0.2) is 4.68 Å². The number of hydrogen-bond donors (Lipinski definition) is 0. The molecule has 0 bridgehead atoms. The molecule has 1 aliphatic rings. The van der Waals surface area contributed by atoms with E-state index in [2.05, 4.69) is 27.3 Å². The minimum Gasteiger partial charge on any atom is -0.459 e. The first-order valence-corrected chi connectivity index (χ1v) is 7.62. The van der Waals surface area contributed by atoms with Crippen LogP contribution in [-0.2, 0) is 22.6 Å². The van der Waals surface area contributed by atoms with E-state index < -0.39 is 5.60 Å². The molecule has 21 heavy (non-hydrogen) atoms. The van der Waals surface area contributed by atoms with Crippen LogP contribution in [0.1, 0.15) is 52.8 Å². The first-order chi connectivity index (χ1) is 9.90. The fourth-order valence-corrected chi connectivity index (χ4v) is 2.56. The van der Waals surface area contributed by atoms with Crippen LogP contribution in [0.4, 0.5) is 0 Å². The van der Waals surface area contributed by atoms with Crippen LogP contribution in [0.2, 0.25) is 0 Å². The third-order valence-corrected chi connectivity index (χ3v) is 3.43. The molecule has 0 radical (unpaired) electrons. The summed E-state index contributed by atoms with van der Waals surface area (Å²) in [5.41, 5.74) is -0.449. The molecule has 0 aliphatic carbocycles. The van der Waals surface area contributed by atoms with Gasteiger partial charge in [-0.3, -0.25) is 9.69 Å². The van der Waals surface area contributed by atoms with Gasteiger partial charge in [-0.1, -0.05) is 6.92 Å². The topological polar surface area (TPSA) is 73.1 Å². The molecule has 0 N–H and O–H groups in total. The number of nitrogens with zero attached hydrogens (tertiary/aromatic N) is 5. The Morgan fingerprint density at radius 1 is 1.43 bits per heavy atom. The summed E-state index contributed by atoms with van der Waals surface area (Å²) in [5, 5.41) is 11.8. The summed E-state index contributed by atoms with van der Waals surface area (Å²) in [7, 11) is 0. The van der Waals surface area contributed by atoms with E-state index in [0.717, 1.165) is 38.2 Å². The maximum absolute atomic E-state index is 12.3. The number of esters is 1. The zero-order chi connectivity index (χ0) is 15.5. The van der Waals surface area contributed by atoms with E-state index in [0.29, 0.717) is 6.54 Å². The largest absolute Gasteiger partial charge is 0.459 e. The van der Waals surface area contributed by atoms with Gasteiger partial charge in [0.1, 0.15) is 11.6 Å². The SMILES string of the molecule is CCCn1nnnc1CN1CCC[C@H]1C(=O)OC(C)(C)C. The van der Waals surface area contributed by atoms with Gasteiger partial charge in [-0.05, 0) is 57.0 Å². The van der Waals surface area contributed by atoms with E-state index in [4.69, 9.17) is 4.74 Å². The standard InChI is InChI=1S/C14H25N5O2/c1-5-8-19-12(15-16-17-19)10-18-9-6-7-11(18)13(20)21-14(2,3)4/h11H,5-10H2,1-4H3/t11-/m0/s1. The second-order valence-electron chi connectivity index (χ2n) is 6.48. The Morgan fingerprint density at radius 3 is 2.86 bits per heavy atom. The third kappa shape index (κ3) is 4.23. The molecule has 0 aromatic carbocycles. The molecular formula is C14H25N5O2. The number of likely N-dealkylation sites (tertiary alicyclic amines) is 1. The molecule has 7 nitrogen and oxygen atoms in total. The first-order valence-electron chi connectivity index (χ1n) is 7.62. The lowest BCUT2D eigenvalue weighted by atomic mass is 10.1. The Hall–Kier alpha value is -1.50. The normalized spacial score (nSPS) is 19.9. The average molecular weight is 295 g/mol. The highest BCUT2D eigenvalue weighted by atomic mass is 16.6. The maximum Gasteiger partial charge on any atom is 0.323 e. The number of aryl methyl sites for hydroxylation is 1. The lowest BCUT2D eigenvalue weighted by Gasteiger charge is -2.26. The fraction of sp³-hybridized carbons (Fsp3) is 0.857. The van der Waals surface area contributed by atoms with Crippen LogP contribution in [-0.4, -0.2) is 49.3 Å². The Labute approximate surface area is 125 Å². The summed E-state index contributed by atoms with van der Waals surface area (Å²) >= 11 is 0. The van der Waals surface area contributed by atoms with Crippen LogP contribution in [0.5, 0.6) is 0 Å². The minimum atomic E-state index is -0.449. The van der Waals surface area contributed by atoms with Crippen LogP contribution in [0.25, 0.3) is 0 Å². The quantitative estimate of drug-likeness (QED) is 0.764. The molecule has 1 aliphatic heterocycles. The summed E-state index contributed by atoms with van der Waals surface area (Å²) in [4.78, 5) is 14.4. The van der Waals surface area contributed by atoms with E-state index in [1.54, 1.807) is 0 Å². The molecule has 2 rings (SSSR count). The summed E-state index contributed by atoms with van der Waals surface area (Å²) in [6.07, 6.45) is 2.82. The van der Waals surface area contributed by atoms with E-state index in [1.807, 2.05) is 25.5 Å². The van der Waals surface area contributed by atoms with Crippen LogP contribution < -0.4 is 0 Å². The molecule has 1 fully saturated rings. The molecule has 1 saturated heterocycles. The Morgan fingerprint density at radius 2 is 2.19 bits per heavy atom. The van der Waals surface area contributed by atoms with E-state index in [-0.39, 0.29) is 12.0 Å². The highest BCUT2D eigenvalue weighted by Gasteiger charge is 2.34. The van der Waals surface area contributed by atoms with Crippen LogP contribution >= 0.6 is 0 Å². The molecule has 0 saturated carbocycles. The molecule has 1 atom stereocenters. The second kappa shape index (κ2) is 6.51. The Kier molecular flexibility index (Phi) is 4.92. The summed E-state index contributed by atoms with van der Waals surface area (Å²) in [6, 6.07) is -0.184. The molecular weight excluding hydrogens is 270 g/mol. The highest BCUT2D eigenvalue weighted by molar-refractivity contribution is 5.76. The lowest BCUT2D eigenvalue weighted by molar-refractivity contribution is -0.160. The van der Waals surface area contributed by atoms with Crippen molar-refractivity contribution in [3.63, 3.8) is 0 Å². The molecule has 7 heteroatoms. The van der Waals surface area contributed by atoms with Gasteiger partial charge in [0, 0.05) is 6.54 Å². The third-order valence-electron chi connectivity index (χ3n) is 3.43. The fourth-order valence-electron chi connectivity index (χ4n) is 2.56. The van der Waals surface area contributed by atoms with Crippen molar-refractivity contribution in [2.24, 2.45) is 0 Å². The molecule has 2 heterocycles. The molecule has 0 amide bonds. The van der Waals surface area contributed by atoms with Gasteiger partial charge >= 0.3 is 5.97 Å². The number of aromatic nitrogens is 4. The summed E-state index contributed by atoms with van der Waals surface area (Å²) in [6.45, 7) is 10.0. The second-order valence-corrected chi connectivity index (χ2v) is 6.48. The van der Waals surface area contributed by atoms with E-state index in [1.165, 1.54) is 0 Å². The summed E-state index contributed by atoms with van der Waals surface area (Å²) < 4.78 is 7.32. The van der Waals surface area contributed by atoms with E-state index >= 15 is 0 Å². The van der Waals surface area contributed by atoms with Crippen LogP contribution in [0.3, 0.4) is 0 Å². The van der Waals surface area contributed by atoms with Gasteiger partial charge in [0.2, 0.25) is 0 Å². The van der Waals surface area contributed by atoms with Gasteiger partial charge in [0.25, 0.3) is 0 Å². The van der Waals surface area contributed by atoms with Crippen molar-refractivity contribution in [3.8, 4) is 0 Å².